The molecule has 0 aromatic heterocycles. The van der Waals surface area contributed by atoms with Crippen molar-refractivity contribution < 1.29 is 9.59 Å². The fraction of sp³-hybridized carbons (Fsp3) is 0.133. The minimum Gasteiger partial charge on any atom is -0.367 e. The van der Waals surface area contributed by atoms with E-state index in [4.69, 9.17) is 0 Å². The highest BCUT2D eigenvalue weighted by atomic mass is 16.2. The van der Waals surface area contributed by atoms with Crippen molar-refractivity contribution >= 4 is 28.9 Å². The van der Waals surface area contributed by atoms with Crippen LogP contribution in [0.15, 0.2) is 97.1 Å². The summed E-state index contributed by atoms with van der Waals surface area (Å²) in [4.78, 5) is 27.8. The van der Waals surface area contributed by atoms with E-state index in [1.807, 2.05) is 61.5 Å². The molecular weight excluding hydrogens is 434 g/mol. The van der Waals surface area contributed by atoms with Gasteiger partial charge >= 0.3 is 0 Å². The van der Waals surface area contributed by atoms with Gasteiger partial charge in [-0.15, -0.1) is 0 Å². The molecule has 0 spiro atoms. The van der Waals surface area contributed by atoms with Crippen LogP contribution in [0.4, 0.5) is 17.1 Å². The second kappa shape index (κ2) is 9.85. The Kier molecular flexibility index (Phi) is 6.31. The number of hydrogen-bond acceptors (Lipinski definition) is 3. The van der Waals surface area contributed by atoms with Gasteiger partial charge in [0.25, 0.3) is 11.8 Å². The minimum atomic E-state index is -0.192. The van der Waals surface area contributed by atoms with E-state index < -0.39 is 0 Å². The molecule has 1 heterocycles. The van der Waals surface area contributed by atoms with Crippen LogP contribution in [0.3, 0.4) is 0 Å². The van der Waals surface area contributed by atoms with Crippen LogP contribution in [0.2, 0.25) is 0 Å². The molecule has 0 atom stereocenters. The van der Waals surface area contributed by atoms with Crippen LogP contribution in [-0.4, -0.2) is 18.4 Å². The van der Waals surface area contributed by atoms with Crippen LogP contribution in [0.1, 0.15) is 37.4 Å². The fourth-order valence-electron chi connectivity index (χ4n) is 4.36. The van der Waals surface area contributed by atoms with Gasteiger partial charge in [-0.25, -0.2) is 0 Å². The second-order valence-electron chi connectivity index (χ2n) is 8.79. The second-order valence-corrected chi connectivity index (χ2v) is 8.79. The molecule has 0 fully saturated rings. The summed E-state index contributed by atoms with van der Waals surface area (Å²) >= 11 is 0. The molecule has 1 aliphatic rings. The lowest BCUT2D eigenvalue weighted by atomic mass is 9.99. The van der Waals surface area contributed by atoms with E-state index in [-0.39, 0.29) is 11.8 Å². The minimum absolute atomic E-state index is 0.185. The van der Waals surface area contributed by atoms with Crippen molar-refractivity contribution in [2.45, 2.75) is 19.9 Å². The molecule has 35 heavy (non-hydrogen) atoms. The maximum atomic E-state index is 13.0. The average molecular weight is 462 g/mol. The summed E-state index contributed by atoms with van der Waals surface area (Å²) in [5.74, 6) is -0.377. The molecule has 0 saturated heterocycles. The number of anilines is 3. The zero-order chi connectivity index (χ0) is 24.2. The standard InChI is InChI=1S/C30H27N3O2/c1-21-11-14-26(31-29(34)23-8-3-2-4-9-23)19-28(21)32-30(35)24-12-15-27(16-13-24)33-18-17-22-7-5-6-10-25(22)20-33/h2-16,19H,17-18,20H2,1H3,(H,31,34)(H,32,35). The van der Waals surface area contributed by atoms with Crippen molar-refractivity contribution in [1.29, 1.82) is 0 Å². The topological polar surface area (TPSA) is 61.4 Å². The molecule has 5 nitrogen and oxygen atoms in total. The molecule has 0 aliphatic carbocycles. The molecule has 4 aromatic rings. The normalized spacial score (nSPS) is 12.5. The molecule has 2 amide bonds. The predicted octanol–water partition coefficient (Wildman–Crippen LogP) is 6.06. The fourth-order valence-corrected chi connectivity index (χ4v) is 4.36. The molecule has 0 bridgehead atoms. The smallest absolute Gasteiger partial charge is 0.255 e. The number of aryl methyl sites for hydroxylation is 1. The van der Waals surface area contributed by atoms with Gasteiger partial charge in [-0.1, -0.05) is 48.5 Å². The Labute approximate surface area is 205 Å². The van der Waals surface area contributed by atoms with Gasteiger partial charge in [-0.3, -0.25) is 9.59 Å². The lowest BCUT2D eigenvalue weighted by Crippen LogP contribution is -2.30. The van der Waals surface area contributed by atoms with Crippen LogP contribution >= 0.6 is 0 Å². The van der Waals surface area contributed by atoms with E-state index in [2.05, 4.69) is 39.8 Å². The van der Waals surface area contributed by atoms with E-state index in [9.17, 15) is 9.59 Å². The zero-order valence-electron chi connectivity index (χ0n) is 19.6. The largest absolute Gasteiger partial charge is 0.367 e. The van der Waals surface area contributed by atoms with E-state index >= 15 is 0 Å². The van der Waals surface area contributed by atoms with Gasteiger partial charge < -0.3 is 15.5 Å². The number of rotatable bonds is 5. The average Bonchev–Trinajstić information content (AvgIpc) is 2.91. The maximum absolute atomic E-state index is 13.0. The Morgan fingerprint density at radius 1 is 0.714 bits per heavy atom. The van der Waals surface area contributed by atoms with Crippen LogP contribution < -0.4 is 15.5 Å². The van der Waals surface area contributed by atoms with Gasteiger partial charge in [0.1, 0.15) is 0 Å². The third kappa shape index (κ3) is 5.09. The number of nitrogens with zero attached hydrogens (tertiary/aromatic N) is 1. The molecule has 0 saturated carbocycles. The first kappa shape index (κ1) is 22.4. The van der Waals surface area contributed by atoms with Gasteiger partial charge in [0.05, 0.1) is 0 Å². The predicted molar refractivity (Wildman–Crippen MR) is 141 cm³/mol. The molecule has 4 aromatic carbocycles. The van der Waals surface area contributed by atoms with Gasteiger partial charge in [-0.05, 0) is 78.6 Å². The monoisotopic (exact) mass is 461 g/mol. The van der Waals surface area contributed by atoms with Crippen molar-refractivity contribution in [2.24, 2.45) is 0 Å². The highest BCUT2D eigenvalue weighted by Crippen LogP contribution is 2.26. The summed E-state index contributed by atoms with van der Waals surface area (Å²) in [5, 5.41) is 5.88. The first-order chi connectivity index (χ1) is 17.1. The summed E-state index contributed by atoms with van der Waals surface area (Å²) in [7, 11) is 0. The van der Waals surface area contributed by atoms with Gasteiger partial charge in [-0.2, -0.15) is 0 Å². The molecule has 174 valence electrons. The Bertz CT molecular complexity index is 1360. The number of hydrogen-bond donors (Lipinski definition) is 2. The number of nitrogens with one attached hydrogen (secondary N) is 2. The number of carbonyl (C=O) groups is 2. The molecule has 5 rings (SSSR count). The van der Waals surface area contributed by atoms with Crippen LogP contribution in [0.25, 0.3) is 0 Å². The SMILES string of the molecule is Cc1ccc(NC(=O)c2ccccc2)cc1NC(=O)c1ccc(N2CCc3ccccc3C2)cc1. The Balaban J connectivity index is 1.26. The summed E-state index contributed by atoms with van der Waals surface area (Å²) in [6.07, 6.45) is 1.02. The van der Waals surface area contributed by atoms with E-state index in [0.29, 0.717) is 22.5 Å². The van der Waals surface area contributed by atoms with E-state index in [1.54, 1.807) is 18.2 Å². The highest BCUT2D eigenvalue weighted by molar-refractivity contribution is 6.06. The first-order valence-corrected chi connectivity index (χ1v) is 11.8. The molecular formula is C30H27N3O2. The number of amides is 2. The molecule has 1 aliphatic heterocycles. The molecule has 0 unspecified atom stereocenters. The van der Waals surface area contributed by atoms with Crippen molar-refractivity contribution in [3.63, 3.8) is 0 Å². The van der Waals surface area contributed by atoms with Gasteiger partial charge in [0.2, 0.25) is 0 Å². The molecule has 0 radical (unpaired) electrons. The van der Waals surface area contributed by atoms with Gasteiger partial charge in [0, 0.05) is 41.3 Å². The number of fused-ring (bicyclic) bond motifs is 1. The third-order valence-corrected chi connectivity index (χ3v) is 6.40. The van der Waals surface area contributed by atoms with Crippen molar-refractivity contribution in [3.05, 3.63) is 125 Å². The maximum Gasteiger partial charge on any atom is 0.255 e. The van der Waals surface area contributed by atoms with Crippen LogP contribution in [0.5, 0.6) is 0 Å². The Morgan fingerprint density at radius 2 is 1.37 bits per heavy atom. The van der Waals surface area contributed by atoms with Crippen LogP contribution in [0, 0.1) is 6.92 Å². The van der Waals surface area contributed by atoms with Crippen molar-refractivity contribution in [3.8, 4) is 0 Å². The number of benzene rings is 4. The van der Waals surface area contributed by atoms with Gasteiger partial charge in [0.15, 0.2) is 0 Å². The lowest BCUT2D eigenvalue weighted by Gasteiger charge is -2.30. The van der Waals surface area contributed by atoms with E-state index in [0.717, 1.165) is 30.8 Å². The number of carbonyl (C=O) groups excluding carboxylic acids is 2. The summed E-state index contributed by atoms with van der Waals surface area (Å²) in [5.41, 5.74) is 7.25. The molecule has 2 N–H and O–H groups in total. The van der Waals surface area contributed by atoms with Crippen LogP contribution in [-0.2, 0) is 13.0 Å². The summed E-state index contributed by atoms with van der Waals surface area (Å²) < 4.78 is 0. The Morgan fingerprint density at radius 3 is 2.14 bits per heavy atom. The van der Waals surface area contributed by atoms with E-state index in [1.165, 1.54) is 11.1 Å². The first-order valence-electron chi connectivity index (χ1n) is 11.8. The van der Waals surface area contributed by atoms with Crippen molar-refractivity contribution in [2.75, 3.05) is 22.1 Å². The molecule has 5 heteroatoms. The summed E-state index contributed by atoms with van der Waals surface area (Å²) in [6.45, 7) is 3.77. The quantitative estimate of drug-likeness (QED) is 0.380. The third-order valence-electron chi connectivity index (χ3n) is 6.40. The van der Waals surface area contributed by atoms with Crippen molar-refractivity contribution in [1.82, 2.24) is 0 Å². The summed E-state index contributed by atoms with van der Waals surface area (Å²) in [6, 6.07) is 30.8. The zero-order valence-corrected chi connectivity index (χ0v) is 19.6. The highest BCUT2D eigenvalue weighted by Gasteiger charge is 2.17. The lowest BCUT2D eigenvalue weighted by molar-refractivity contribution is 0.101. The Hall–Kier alpha value is -4.38.